The molecule has 3 rings (SSSR count). The number of hydrogen-bond acceptors (Lipinski definition) is 3. The van der Waals surface area contributed by atoms with Crippen molar-refractivity contribution in [2.24, 2.45) is 5.41 Å². The van der Waals surface area contributed by atoms with Crippen LogP contribution in [0.25, 0.3) is 0 Å². The first-order valence-electron chi connectivity index (χ1n) is 10.7. The number of carbonyl (C=O) groups is 1. The fourth-order valence-corrected chi connectivity index (χ4v) is 4.40. The van der Waals surface area contributed by atoms with E-state index >= 15 is 0 Å². The number of nitrogens with zero attached hydrogens (tertiary/aromatic N) is 2. The predicted octanol–water partition coefficient (Wildman–Crippen LogP) is 4.87. The summed E-state index contributed by atoms with van der Waals surface area (Å²) in [5.74, 6) is 1.22. The number of benzene rings is 1. The summed E-state index contributed by atoms with van der Waals surface area (Å²) in [6, 6.07) is 8.08. The third-order valence-corrected chi connectivity index (χ3v) is 6.35. The van der Waals surface area contributed by atoms with Crippen LogP contribution in [0.5, 0.6) is 5.75 Å². The van der Waals surface area contributed by atoms with E-state index in [0.717, 1.165) is 63.4 Å². The molecule has 1 spiro atoms. The van der Waals surface area contributed by atoms with Crippen LogP contribution < -0.4 is 9.64 Å². The van der Waals surface area contributed by atoms with Gasteiger partial charge in [0, 0.05) is 17.8 Å². The van der Waals surface area contributed by atoms with E-state index in [2.05, 4.69) is 32.6 Å². The van der Waals surface area contributed by atoms with Crippen molar-refractivity contribution in [2.75, 3.05) is 31.1 Å². The second-order valence-corrected chi connectivity index (χ2v) is 9.19. The molecule has 4 heteroatoms. The summed E-state index contributed by atoms with van der Waals surface area (Å²) in [5.41, 5.74) is 1.06. The Balaban J connectivity index is 1.59. The molecule has 0 bridgehead atoms. The van der Waals surface area contributed by atoms with Crippen LogP contribution in [0.3, 0.4) is 0 Å². The zero-order valence-electron chi connectivity index (χ0n) is 17.6. The van der Waals surface area contributed by atoms with Crippen LogP contribution in [0.4, 0.5) is 5.69 Å². The molecule has 0 saturated carbocycles. The quantitative estimate of drug-likeness (QED) is 0.668. The van der Waals surface area contributed by atoms with E-state index in [9.17, 15) is 4.79 Å². The van der Waals surface area contributed by atoms with E-state index in [0.29, 0.717) is 5.91 Å². The summed E-state index contributed by atoms with van der Waals surface area (Å²) >= 11 is 0. The lowest BCUT2D eigenvalue weighted by Gasteiger charge is -2.44. The van der Waals surface area contributed by atoms with Crippen molar-refractivity contribution in [1.29, 1.82) is 0 Å². The van der Waals surface area contributed by atoms with Crippen LogP contribution in [0.2, 0.25) is 0 Å². The summed E-state index contributed by atoms with van der Waals surface area (Å²) in [6.45, 7) is 12.6. The maximum atomic E-state index is 13.2. The highest BCUT2D eigenvalue weighted by molar-refractivity contribution is 6.00. The summed E-state index contributed by atoms with van der Waals surface area (Å²) in [7, 11) is 0. The van der Waals surface area contributed by atoms with Crippen LogP contribution in [0.1, 0.15) is 66.2 Å². The summed E-state index contributed by atoms with van der Waals surface area (Å²) in [6.07, 6.45) is 6.45. The monoisotopic (exact) mass is 372 g/mol. The molecule has 2 aliphatic heterocycles. The van der Waals surface area contributed by atoms with Gasteiger partial charge in [-0.25, -0.2) is 0 Å². The van der Waals surface area contributed by atoms with Gasteiger partial charge < -0.3 is 9.64 Å². The molecule has 1 aromatic carbocycles. The maximum absolute atomic E-state index is 13.2. The van der Waals surface area contributed by atoms with E-state index < -0.39 is 0 Å². The summed E-state index contributed by atoms with van der Waals surface area (Å²) < 4.78 is 5.80. The Kier molecular flexibility index (Phi) is 6.15. The minimum absolute atomic E-state index is 0.142. The van der Waals surface area contributed by atoms with Crippen LogP contribution in [-0.4, -0.2) is 42.6 Å². The topological polar surface area (TPSA) is 32.8 Å². The Bertz CT molecular complexity index is 625. The molecule has 0 N–H and O–H groups in total. The van der Waals surface area contributed by atoms with Gasteiger partial charge >= 0.3 is 0 Å². The van der Waals surface area contributed by atoms with Crippen molar-refractivity contribution in [1.82, 2.24) is 4.90 Å². The molecule has 0 radical (unpaired) electrons. The molecule has 1 amide bonds. The molecule has 2 fully saturated rings. The van der Waals surface area contributed by atoms with Crippen molar-refractivity contribution in [3.63, 3.8) is 0 Å². The van der Waals surface area contributed by atoms with E-state index in [1.807, 2.05) is 29.2 Å². The Morgan fingerprint density at radius 3 is 2.22 bits per heavy atom. The molecule has 4 nitrogen and oxygen atoms in total. The zero-order valence-corrected chi connectivity index (χ0v) is 17.6. The third-order valence-electron chi connectivity index (χ3n) is 6.35. The van der Waals surface area contributed by atoms with Gasteiger partial charge in [0.15, 0.2) is 0 Å². The van der Waals surface area contributed by atoms with Gasteiger partial charge in [0.2, 0.25) is 5.91 Å². The molecular formula is C23H36N2O2. The van der Waals surface area contributed by atoms with Crippen LogP contribution >= 0.6 is 0 Å². The van der Waals surface area contributed by atoms with Crippen molar-refractivity contribution >= 4 is 11.6 Å². The number of unbranched alkanes of at least 4 members (excludes halogenated alkanes) is 2. The highest BCUT2D eigenvalue weighted by Gasteiger charge is 2.49. The molecule has 1 aromatic rings. The summed E-state index contributed by atoms with van der Waals surface area (Å²) in [5, 5.41) is 0. The number of carbonyl (C=O) groups excluding carboxylic acids is 1. The van der Waals surface area contributed by atoms with E-state index in [1.165, 1.54) is 12.8 Å². The molecule has 150 valence electrons. The van der Waals surface area contributed by atoms with Gasteiger partial charge in [-0.1, -0.05) is 19.8 Å². The first-order chi connectivity index (χ1) is 12.9. The van der Waals surface area contributed by atoms with Gasteiger partial charge in [0.05, 0.1) is 12.0 Å². The van der Waals surface area contributed by atoms with Crippen molar-refractivity contribution in [3.05, 3.63) is 24.3 Å². The normalized spacial score (nSPS) is 20.4. The SMILES string of the molecule is CCCCCOc1ccc(N2CCC3(CCN(C(C)(C)C)CC3)C2=O)cc1. The van der Waals surface area contributed by atoms with Gasteiger partial charge in [-0.3, -0.25) is 9.69 Å². The molecule has 2 saturated heterocycles. The minimum atomic E-state index is -0.142. The van der Waals surface area contributed by atoms with Gasteiger partial charge in [-0.2, -0.15) is 0 Å². The lowest BCUT2D eigenvalue weighted by Crippen LogP contribution is -2.51. The Hall–Kier alpha value is -1.55. The average molecular weight is 373 g/mol. The lowest BCUT2D eigenvalue weighted by atomic mass is 9.76. The standard InChI is InChI=1S/C23H36N2O2/c1-5-6-7-18-27-20-10-8-19(9-11-20)25-17-14-23(21(25)26)12-15-24(16-13-23)22(2,3)4/h8-11H,5-7,12-18H2,1-4H3. The van der Waals surface area contributed by atoms with Gasteiger partial charge in [0.25, 0.3) is 0 Å². The number of anilines is 1. The number of likely N-dealkylation sites (tertiary alicyclic amines) is 1. The highest BCUT2D eigenvalue weighted by Crippen LogP contribution is 2.44. The van der Waals surface area contributed by atoms with Crippen LogP contribution in [-0.2, 0) is 4.79 Å². The van der Waals surface area contributed by atoms with E-state index in [4.69, 9.17) is 4.74 Å². The fraction of sp³-hybridized carbons (Fsp3) is 0.696. The number of piperidine rings is 1. The number of ether oxygens (including phenoxy) is 1. The van der Waals surface area contributed by atoms with Crippen molar-refractivity contribution in [3.8, 4) is 5.75 Å². The van der Waals surface area contributed by atoms with Gasteiger partial charge in [-0.15, -0.1) is 0 Å². The molecule has 0 aliphatic carbocycles. The number of hydrogen-bond donors (Lipinski definition) is 0. The predicted molar refractivity (Wildman–Crippen MR) is 111 cm³/mol. The second kappa shape index (κ2) is 8.22. The largest absolute Gasteiger partial charge is 0.494 e. The van der Waals surface area contributed by atoms with Gasteiger partial charge in [0.1, 0.15) is 5.75 Å². The first-order valence-corrected chi connectivity index (χ1v) is 10.7. The highest BCUT2D eigenvalue weighted by atomic mass is 16.5. The molecule has 0 aromatic heterocycles. The molecule has 2 aliphatic rings. The smallest absolute Gasteiger partial charge is 0.233 e. The number of rotatable bonds is 6. The molecule has 2 heterocycles. The van der Waals surface area contributed by atoms with Crippen LogP contribution in [0.15, 0.2) is 24.3 Å². The molecular weight excluding hydrogens is 336 g/mol. The lowest BCUT2D eigenvalue weighted by molar-refractivity contribution is -0.128. The Morgan fingerprint density at radius 2 is 1.63 bits per heavy atom. The average Bonchev–Trinajstić information content (AvgIpc) is 2.95. The van der Waals surface area contributed by atoms with Crippen LogP contribution in [0, 0.1) is 5.41 Å². The third kappa shape index (κ3) is 4.48. The first kappa shape index (κ1) is 20.2. The molecule has 27 heavy (non-hydrogen) atoms. The molecule has 0 unspecified atom stereocenters. The minimum Gasteiger partial charge on any atom is -0.494 e. The van der Waals surface area contributed by atoms with E-state index in [1.54, 1.807) is 0 Å². The second-order valence-electron chi connectivity index (χ2n) is 9.19. The Labute approximate surface area is 164 Å². The van der Waals surface area contributed by atoms with Crippen molar-refractivity contribution in [2.45, 2.75) is 71.8 Å². The Morgan fingerprint density at radius 1 is 1.00 bits per heavy atom. The number of amides is 1. The summed E-state index contributed by atoms with van der Waals surface area (Å²) in [4.78, 5) is 17.8. The fourth-order valence-electron chi connectivity index (χ4n) is 4.40. The zero-order chi connectivity index (χ0) is 19.5. The maximum Gasteiger partial charge on any atom is 0.233 e. The van der Waals surface area contributed by atoms with Gasteiger partial charge in [-0.05, 0) is 83.8 Å². The van der Waals surface area contributed by atoms with E-state index in [-0.39, 0.29) is 11.0 Å². The molecule has 0 atom stereocenters. The van der Waals surface area contributed by atoms with Crippen molar-refractivity contribution < 1.29 is 9.53 Å².